The minimum absolute atomic E-state index is 0.0433. The number of rotatable bonds is 6. The van der Waals surface area contributed by atoms with Crippen LogP contribution in [-0.4, -0.2) is 36.0 Å². The lowest BCUT2D eigenvalue weighted by Crippen LogP contribution is -2.39. The molecule has 0 fully saturated rings. The summed E-state index contributed by atoms with van der Waals surface area (Å²) in [6.07, 6.45) is 0. The van der Waals surface area contributed by atoms with Gasteiger partial charge in [-0.15, -0.1) is 11.3 Å². The molecule has 1 aromatic heterocycles. The first kappa shape index (κ1) is 19.4. The summed E-state index contributed by atoms with van der Waals surface area (Å²) < 4.78 is 5.42. The van der Waals surface area contributed by atoms with Crippen molar-refractivity contribution in [1.82, 2.24) is 9.88 Å². The number of nitrogens with one attached hydrogen (secondary N) is 1. The van der Waals surface area contributed by atoms with Crippen molar-refractivity contribution in [3.05, 3.63) is 39.4 Å². The number of hydrogen-bond acceptors (Lipinski definition) is 5. The standard InChI is InChI=1S/C19H27N3O2S/c1-11-8-16(9-12(2)17(11)24-7)10-22(6)14(4)18(23)21-19-20-13(3)15(5)25-19/h8-9,14H,10H2,1-7H3,(H,20,21,23). The molecule has 1 amide bonds. The van der Waals surface area contributed by atoms with Gasteiger partial charge in [-0.3, -0.25) is 9.69 Å². The van der Waals surface area contributed by atoms with Crippen LogP contribution >= 0.6 is 11.3 Å². The van der Waals surface area contributed by atoms with Gasteiger partial charge in [-0.2, -0.15) is 0 Å². The molecule has 25 heavy (non-hydrogen) atoms. The highest BCUT2D eigenvalue weighted by molar-refractivity contribution is 7.15. The molecule has 136 valence electrons. The van der Waals surface area contributed by atoms with E-state index in [1.54, 1.807) is 7.11 Å². The van der Waals surface area contributed by atoms with Crippen molar-refractivity contribution in [2.45, 2.75) is 47.2 Å². The Labute approximate surface area is 154 Å². The van der Waals surface area contributed by atoms with E-state index in [0.717, 1.165) is 27.4 Å². The van der Waals surface area contributed by atoms with E-state index in [-0.39, 0.29) is 11.9 Å². The molecule has 0 saturated carbocycles. The highest BCUT2D eigenvalue weighted by Gasteiger charge is 2.20. The van der Waals surface area contributed by atoms with E-state index in [0.29, 0.717) is 11.7 Å². The van der Waals surface area contributed by atoms with Crippen molar-refractivity contribution in [3.8, 4) is 5.75 Å². The van der Waals surface area contributed by atoms with Gasteiger partial charge in [0.25, 0.3) is 0 Å². The highest BCUT2D eigenvalue weighted by Crippen LogP contribution is 2.25. The minimum atomic E-state index is -0.257. The van der Waals surface area contributed by atoms with Crippen LogP contribution in [0.3, 0.4) is 0 Å². The largest absolute Gasteiger partial charge is 0.496 e. The fourth-order valence-corrected chi connectivity index (χ4v) is 3.63. The number of anilines is 1. The van der Waals surface area contributed by atoms with Crippen LogP contribution in [-0.2, 0) is 11.3 Å². The number of carbonyl (C=O) groups is 1. The lowest BCUT2D eigenvalue weighted by molar-refractivity contribution is -0.120. The number of nitrogens with zero attached hydrogens (tertiary/aromatic N) is 2. The molecule has 0 aliphatic rings. The van der Waals surface area contributed by atoms with Crippen molar-refractivity contribution in [3.63, 3.8) is 0 Å². The number of aryl methyl sites for hydroxylation is 4. The van der Waals surface area contributed by atoms with Crippen LogP contribution in [0.2, 0.25) is 0 Å². The number of amides is 1. The number of aromatic nitrogens is 1. The zero-order valence-electron chi connectivity index (χ0n) is 16.1. The molecule has 0 spiro atoms. The van der Waals surface area contributed by atoms with Crippen molar-refractivity contribution in [2.75, 3.05) is 19.5 Å². The fourth-order valence-electron chi connectivity index (χ4n) is 2.81. The van der Waals surface area contributed by atoms with Gasteiger partial charge in [-0.05, 0) is 58.4 Å². The number of benzene rings is 1. The maximum Gasteiger partial charge on any atom is 0.243 e. The zero-order chi connectivity index (χ0) is 18.7. The van der Waals surface area contributed by atoms with Gasteiger partial charge >= 0.3 is 0 Å². The van der Waals surface area contributed by atoms with E-state index < -0.39 is 0 Å². The van der Waals surface area contributed by atoms with Crippen LogP contribution in [0.4, 0.5) is 5.13 Å². The summed E-state index contributed by atoms with van der Waals surface area (Å²) in [5.41, 5.74) is 4.35. The first-order chi connectivity index (χ1) is 11.7. The molecule has 0 saturated heterocycles. The molecule has 2 aromatic rings. The molecule has 1 heterocycles. The van der Waals surface area contributed by atoms with E-state index in [9.17, 15) is 4.79 Å². The number of ether oxygens (including phenoxy) is 1. The predicted molar refractivity (Wildman–Crippen MR) is 104 cm³/mol. The van der Waals surface area contributed by atoms with Crippen LogP contribution in [0, 0.1) is 27.7 Å². The Hall–Kier alpha value is -1.92. The summed E-state index contributed by atoms with van der Waals surface area (Å²) in [5.74, 6) is 0.880. The van der Waals surface area contributed by atoms with Crippen molar-refractivity contribution >= 4 is 22.4 Å². The summed E-state index contributed by atoms with van der Waals surface area (Å²) in [7, 11) is 3.65. The monoisotopic (exact) mass is 361 g/mol. The average molecular weight is 362 g/mol. The first-order valence-corrected chi connectivity index (χ1v) is 9.13. The molecule has 5 nitrogen and oxygen atoms in total. The second-order valence-electron chi connectivity index (χ2n) is 6.50. The van der Waals surface area contributed by atoms with Crippen LogP contribution in [0.1, 0.15) is 34.2 Å². The summed E-state index contributed by atoms with van der Waals surface area (Å²) in [4.78, 5) is 20.0. The van der Waals surface area contributed by atoms with E-state index >= 15 is 0 Å². The number of carbonyl (C=O) groups excluding carboxylic acids is 1. The third kappa shape index (κ3) is 4.58. The Kier molecular flexibility index (Phi) is 6.19. The van der Waals surface area contributed by atoms with E-state index in [2.05, 4.69) is 22.4 Å². The molecule has 2 rings (SSSR count). The summed E-state index contributed by atoms with van der Waals surface area (Å²) in [6.45, 7) is 10.6. The van der Waals surface area contributed by atoms with Crippen LogP contribution < -0.4 is 10.1 Å². The quantitative estimate of drug-likeness (QED) is 0.849. The molecule has 0 aliphatic carbocycles. The van der Waals surface area contributed by atoms with Crippen LogP contribution in [0.25, 0.3) is 0 Å². The summed E-state index contributed by atoms with van der Waals surface area (Å²) in [6, 6.07) is 3.97. The fraction of sp³-hybridized carbons (Fsp3) is 0.474. The van der Waals surface area contributed by atoms with Gasteiger partial charge in [0.15, 0.2) is 5.13 Å². The Balaban J connectivity index is 2.04. The van der Waals surface area contributed by atoms with E-state index in [1.807, 2.05) is 46.6 Å². The molecule has 0 aliphatic heterocycles. The molecular weight excluding hydrogens is 334 g/mol. The number of methoxy groups -OCH3 is 1. The summed E-state index contributed by atoms with van der Waals surface area (Å²) >= 11 is 1.51. The second-order valence-corrected chi connectivity index (χ2v) is 7.71. The molecule has 1 aromatic carbocycles. The van der Waals surface area contributed by atoms with Crippen LogP contribution in [0.15, 0.2) is 12.1 Å². The van der Waals surface area contributed by atoms with Gasteiger partial charge < -0.3 is 10.1 Å². The Morgan fingerprint density at radius 3 is 2.36 bits per heavy atom. The topological polar surface area (TPSA) is 54.5 Å². The molecule has 6 heteroatoms. The first-order valence-electron chi connectivity index (χ1n) is 8.32. The lowest BCUT2D eigenvalue weighted by Gasteiger charge is -2.24. The van der Waals surface area contributed by atoms with Gasteiger partial charge in [0.2, 0.25) is 5.91 Å². The Morgan fingerprint density at radius 2 is 1.88 bits per heavy atom. The van der Waals surface area contributed by atoms with Crippen molar-refractivity contribution < 1.29 is 9.53 Å². The number of thiazole rings is 1. The Morgan fingerprint density at radius 1 is 1.28 bits per heavy atom. The average Bonchev–Trinajstić information content (AvgIpc) is 2.84. The molecule has 0 radical (unpaired) electrons. The zero-order valence-corrected chi connectivity index (χ0v) is 16.9. The van der Waals surface area contributed by atoms with E-state index in [4.69, 9.17) is 4.74 Å². The molecule has 0 bridgehead atoms. The van der Waals surface area contributed by atoms with Gasteiger partial charge in [0.1, 0.15) is 5.75 Å². The van der Waals surface area contributed by atoms with Crippen molar-refractivity contribution in [2.24, 2.45) is 0 Å². The maximum atomic E-state index is 12.5. The summed E-state index contributed by atoms with van der Waals surface area (Å²) in [5, 5.41) is 3.58. The smallest absolute Gasteiger partial charge is 0.243 e. The SMILES string of the molecule is COc1c(C)cc(CN(C)C(C)C(=O)Nc2nc(C)c(C)s2)cc1C. The third-order valence-corrected chi connectivity index (χ3v) is 5.44. The molecule has 1 unspecified atom stereocenters. The molecular formula is C19H27N3O2S. The maximum absolute atomic E-state index is 12.5. The molecule has 1 atom stereocenters. The van der Waals surface area contributed by atoms with Gasteiger partial charge in [-0.25, -0.2) is 4.98 Å². The van der Waals surface area contributed by atoms with Gasteiger partial charge in [0, 0.05) is 11.4 Å². The van der Waals surface area contributed by atoms with Gasteiger partial charge in [-0.1, -0.05) is 12.1 Å². The van der Waals surface area contributed by atoms with Gasteiger partial charge in [0.05, 0.1) is 18.8 Å². The lowest BCUT2D eigenvalue weighted by atomic mass is 10.0. The second kappa shape index (κ2) is 7.97. The molecule has 1 N–H and O–H groups in total. The predicted octanol–water partition coefficient (Wildman–Crippen LogP) is 3.84. The van der Waals surface area contributed by atoms with E-state index in [1.165, 1.54) is 16.9 Å². The third-order valence-electron chi connectivity index (χ3n) is 4.46. The highest BCUT2D eigenvalue weighted by atomic mass is 32.1. The van der Waals surface area contributed by atoms with Crippen LogP contribution in [0.5, 0.6) is 5.75 Å². The normalized spacial score (nSPS) is 12.3. The minimum Gasteiger partial charge on any atom is -0.496 e. The number of likely N-dealkylation sites (N-methyl/N-ethyl adjacent to an activating group) is 1. The number of hydrogen-bond donors (Lipinski definition) is 1. The Bertz CT molecular complexity index is 728. The van der Waals surface area contributed by atoms with Crippen molar-refractivity contribution in [1.29, 1.82) is 0 Å².